The summed E-state index contributed by atoms with van der Waals surface area (Å²) in [7, 11) is 1.64. The predicted octanol–water partition coefficient (Wildman–Crippen LogP) is 2.72. The number of hydroxylamine groups is 1. The molecule has 28 heavy (non-hydrogen) atoms. The molecule has 2 aliphatic rings. The number of nitrogens with zero attached hydrogens (tertiary/aromatic N) is 1. The summed E-state index contributed by atoms with van der Waals surface area (Å²) in [5, 5.41) is 8.88. The number of ether oxygens (including phenoxy) is 1. The van der Waals surface area contributed by atoms with Crippen LogP contribution in [0, 0.1) is 5.41 Å². The Morgan fingerprint density at radius 1 is 1.21 bits per heavy atom. The van der Waals surface area contributed by atoms with Gasteiger partial charge in [-0.25, -0.2) is 5.48 Å². The summed E-state index contributed by atoms with van der Waals surface area (Å²) in [5.74, 6) is 0.456. The Morgan fingerprint density at radius 3 is 2.86 bits per heavy atom. The van der Waals surface area contributed by atoms with Gasteiger partial charge in [0.1, 0.15) is 5.75 Å². The molecule has 1 atom stereocenters. The molecule has 1 aliphatic carbocycles. The lowest BCUT2D eigenvalue weighted by Gasteiger charge is -2.33. The monoisotopic (exact) mass is 380 g/mol. The van der Waals surface area contributed by atoms with Crippen molar-refractivity contribution < 1.29 is 19.5 Å². The van der Waals surface area contributed by atoms with Crippen molar-refractivity contribution in [3.8, 4) is 5.75 Å². The van der Waals surface area contributed by atoms with Gasteiger partial charge in [-0.15, -0.1) is 0 Å². The molecule has 2 N–H and O–H groups in total. The zero-order chi connectivity index (χ0) is 19.7. The Labute approximate surface area is 164 Å². The van der Waals surface area contributed by atoms with Crippen molar-refractivity contribution in [2.24, 2.45) is 5.41 Å². The van der Waals surface area contributed by atoms with Gasteiger partial charge in [-0.1, -0.05) is 18.2 Å². The predicted molar refractivity (Wildman–Crippen MR) is 103 cm³/mol. The molecule has 2 aromatic rings. The van der Waals surface area contributed by atoms with Gasteiger partial charge in [-0.2, -0.15) is 0 Å². The third kappa shape index (κ3) is 3.24. The standard InChI is InChI=1S/C22H24N2O4/c1-28-19-4-2-3-15(11-19)14-24-10-9-22(21(24)26)8-7-16-5-6-17(20(25)23-27)12-18(16)13-22/h2-6,11-12,27H,7-10,13-14H2,1H3,(H,23,25)/t22-/m1/s1. The molecule has 6 heteroatoms. The highest BCUT2D eigenvalue weighted by atomic mass is 16.5. The molecule has 0 unspecified atom stereocenters. The summed E-state index contributed by atoms with van der Waals surface area (Å²) >= 11 is 0. The minimum Gasteiger partial charge on any atom is -0.497 e. The lowest BCUT2D eigenvalue weighted by atomic mass is 9.70. The van der Waals surface area contributed by atoms with E-state index in [1.165, 1.54) is 5.56 Å². The summed E-state index contributed by atoms with van der Waals surface area (Å²) < 4.78 is 5.28. The topological polar surface area (TPSA) is 78.9 Å². The molecule has 1 heterocycles. The second kappa shape index (κ2) is 7.28. The van der Waals surface area contributed by atoms with Crippen molar-refractivity contribution in [2.75, 3.05) is 13.7 Å². The van der Waals surface area contributed by atoms with E-state index in [4.69, 9.17) is 9.94 Å². The van der Waals surface area contributed by atoms with Crippen molar-refractivity contribution in [1.82, 2.24) is 10.4 Å². The zero-order valence-corrected chi connectivity index (χ0v) is 15.9. The van der Waals surface area contributed by atoms with Gasteiger partial charge in [0.2, 0.25) is 5.91 Å². The number of aryl methyl sites for hydroxylation is 1. The number of rotatable bonds is 4. The van der Waals surface area contributed by atoms with Crippen LogP contribution in [0.15, 0.2) is 42.5 Å². The maximum absolute atomic E-state index is 13.3. The van der Waals surface area contributed by atoms with E-state index >= 15 is 0 Å². The number of carbonyl (C=O) groups is 2. The van der Waals surface area contributed by atoms with E-state index in [-0.39, 0.29) is 11.3 Å². The van der Waals surface area contributed by atoms with E-state index in [9.17, 15) is 9.59 Å². The van der Waals surface area contributed by atoms with Gasteiger partial charge in [0.25, 0.3) is 5.91 Å². The Morgan fingerprint density at radius 2 is 2.07 bits per heavy atom. The Balaban J connectivity index is 1.53. The molecule has 2 aromatic carbocycles. The third-order valence-electron chi connectivity index (χ3n) is 6.08. The van der Waals surface area contributed by atoms with Crippen LogP contribution in [0.25, 0.3) is 0 Å². The molecule has 1 aliphatic heterocycles. The molecular weight excluding hydrogens is 356 g/mol. The van der Waals surface area contributed by atoms with E-state index < -0.39 is 5.91 Å². The number of benzene rings is 2. The summed E-state index contributed by atoms with van der Waals surface area (Å²) in [6.45, 7) is 1.32. The van der Waals surface area contributed by atoms with Crippen LogP contribution < -0.4 is 10.2 Å². The molecule has 0 bridgehead atoms. The second-order valence-corrected chi connectivity index (χ2v) is 7.71. The van der Waals surface area contributed by atoms with Crippen LogP contribution in [0.1, 0.15) is 39.9 Å². The van der Waals surface area contributed by atoms with Gasteiger partial charge >= 0.3 is 0 Å². The van der Waals surface area contributed by atoms with Crippen LogP contribution in [0.2, 0.25) is 0 Å². The van der Waals surface area contributed by atoms with Gasteiger partial charge in [-0.3, -0.25) is 14.8 Å². The Hall–Kier alpha value is -2.86. The van der Waals surface area contributed by atoms with Crippen LogP contribution in [0.5, 0.6) is 5.75 Å². The number of amides is 2. The summed E-state index contributed by atoms with van der Waals surface area (Å²) in [4.78, 5) is 27.0. The zero-order valence-electron chi connectivity index (χ0n) is 15.9. The van der Waals surface area contributed by atoms with E-state index in [0.29, 0.717) is 18.5 Å². The number of carbonyl (C=O) groups excluding carboxylic acids is 2. The van der Waals surface area contributed by atoms with Gasteiger partial charge < -0.3 is 9.64 Å². The number of hydrogen-bond donors (Lipinski definition) is 2. The fraction of sp³-hybridized carbons (Fsp3) is 0.364. The normalized spacial score (nSPS) is 20.9. The minimum atomic E-state index is -0.528. The Kier molecular flexibility index (Phi) is 4.81. The fourth-order valence-corrected chi connectivity index (χ4v) is 4.50. The molecule has 1 fully saturated rings. The maximum atomic E-state index is 13.3. The maximum Gasteiger partial charge on any atom is 0.274 e. The van der Waals surface area contributed by atoms with Crippen LogP contribution in [-0.2, 0) is 24.2 Å². The quantitative estimate of drug-likeness (QED) is 0.631. The first-order valence-corrected chi connectivity index (χ1v) is 9.53. The molecule has 4 rings (SSSR count). The summed E-state index contributed by atoms with van der Waals surface area (Å²) in [5.41, 5.74) is 4.97. The number of nitrogens with one attached hydrogen (secondary N) is 1. The number of fused-ring (bicyclic) bond motifs is 1. The second-order valence-electron chi connectivity index (χ2n) is 7.71. The molecule has 0 aromatic heterocycles. The molecule has 146 valence electrons. The van der Waals surface area contributed by atoms with Crippen molar-refractivity contribution >= 4 is 11.8 Å². The van der Waals surface area contributed by atoms with E-state index in [1.807, 2.05) is 35.2 Å². The largest absolute Gasteiger partial charge is 0.497 e. The van der Waals surface area contributed by atoms with Crippen LogP contribution in [0.4, 0.5) is 0 Å². The van der Waals surface area contributed by atoms with Crippen LogP contribution in [0.3, 0.4) is 0 Å². The molecular formula is C22H24N2O4. The van der Waals surface area contributed by atoms with Crippen LogP contribution >= 0.6 is 0 Å². The van der Waals surface area contributed by atoms with Crippen LogP contribution in [-0.4, -0.2) is 35.6 Å². The molecule has 0 radical (unpaired) electrons. The number of hydrogen-bond acceptors (Lipinski definition) is 4. The highest BCUT2D eigenvalue weighted by Crippen LogP contribution is 2.44. The third-order valence-corrected chi connectivity index (χ3v) is 6.08. The number of methoxy groups -OCH3 is 1. The van der Waals surface area contributed by atoms with Crippen molar-refractivity contribution in [1.29, 1.82) is 0 Å². The highest BCUT2D eigenvalue weighted by molar-refractivity contribution is 5.93. The first-order valence-electron chi connectivity index (χ1n) is 9.53. The highest BCUT2D eigenvalue weighted by Gasteiger charge is 2.48. The average molecular weight is 380 g/mol. The first-order chi connectivity index (χ1) is 13.5. The molecule has 2 amide bonds. The van der Waals surface area contributed by atoms with Crippen molar-refractivity contribution in [3.05, 3.63) is 64.7 Å². The van der Waals surface area contributed by atoms with Crippen molar-refractivity contribution in [3.63, 3.8) is 0 Å². The SMILES string of the molecule is COc1cccc(CN2CC[C@@]3(CCc4ccc(C(=O)NO)cc4C3)C2=O)c1. The smallest absolute Gasteiger partial charge is 0.274 e. The first kappa shape index (κ1) is 18.5. The molecule has 1 spiro atoms. The summed E-state index contributed by atoms with van der Waals surface area (Å²) in [6.07, 6.45) is 3.13. The van der Waals surface area contributed by atoms with E-state index in [0.717, 1.165) is 42.7 Å². The fourth-order valence-electron chi connectivity index (χ4n) is 4.50. The van der Waals surface area contributed by atoms with E-state index in [2.05, 4.69) is 0 Å². The molecule has 6 nitrogen and oxygen atoms in total. The number of likely N-dealkylation sites (tertiary alicyclic amines) is 1. The van der Waals surface area contributed by atoms with Crippen molar-refractivity contribution in [2.45, 2.75) is 32.2 Å². The minimum absolute atomic E-state index is 0.193. The molecule has 0 saturated carbocycles. The lowest BCUT2D eigenvalue weighted by Crippen LogP contribution is -2.38. The van der Waals surface area contributed by atoms with Gasteiger partial charge in [0, 0.05) is 18.7 Å². The summed E-state index contributed by atoms with van der Waals surface area (Å²) in [6, 6.07) is 13.3. The van der Waals surface area contributed by atoms with Gasteiger partial charge in [0.15, 0.2) is 0 Å². The van der Waals surface area contributed by atoms with Gasteiger partial charge in [-0.05, 0) is 66.6 Å². The average Bonchev–Trinajstić information content (AvgIpc) is 3.02. The Bertz CT molecular complexity index is 927. The molecule has 1 saturated heterocycles. The lowest BCUT2D eigenvalue weighted by molar-refractivity contribution is -0.137. The van der Waals surface area contributed by atoms with Gasteiger partial charge in [0.05, 0.1) is 12.5 Å². The van der Waals surface area contributed by atoms with E-state index in [1.54, 1.807) is 24.7 Å².